The van der Waals surface area contributed by atoms with Crippen LogP contribution in [0, 0.1) is 5.92 Å². The van der Waals surface area contributed by atoms with E-state index in [1.165, 1.54) is 0 Å². The molecule has 0 aromatic carbocycles. The molecule has 28 heavy (non-hydrogen) atoms. The molecule has 0 amide bonds. The number of ether oxygens (including phenoxy) is 2. The number of carbonyl (C=O) groups excluding carboxylic acids is 1. The molecule has 1 aromatic rings. The Morgan fingerprint density at radius 3 is 2.89 bits per heavy atom. The second kappa shape index (κ2) is 10.9. The SMILES string of the molecule is O=C(O)CCC/C=C\C[C@H]1[C@@H](OCc2ccsc2)CC(=O)[C@@H]1N1CCOCC1. The van der Waals surface area contributed by atoms with Crippen LogP contribution >= 0.6 is 11.3 Å². The predicted molar refractivity (Wildman–Crippen MR) is 107 cm³/mol. The number of hydrogen-bond donors (Lipinski definition) is 1. The minimum atomic E-state index is -0.760. The Kier molecular flexibility index (Phi) is 8.21. The average molecular weight is 408 g/mol. The van der Waals surface area contributed by atoms with Gasteiger partial charge in [-0.1, -0.05) is 12.2 Å². The largest absolute Gasteiger partial charge is 0.481 e. The van der Waals surface area contributed by atoms with E-state index < -0.39 is 5.97 Å². The molecule has 3 atom stereocenters. The van der Waals surface area contributed by atoms with Crippen molar-refractivity contribution in [3.8, 4) is 0 Å². The van der Waals surface area contributed by atoms with Crippen LogP contribution in [-0.2, 0) is 25.7 Å². The zero-order valence-electron chi connectivity index (χ0n) is 16.1. The molecule has 1 saturated carbocycles. The zero-order valence-corrected chi connectivity index (χ0v) is 16.9. The summed E-state index contributed by atoms with van der Waals surface area (Å²) in [6.07, 6.45) is 6.87. The minimum absolute atomic E-state index is 0.0797. The molecule has 2 aliphatic rings. The molecule has 7 heteroatoms. The fourth-order valence-electron chi connectivity index (χ4n) is 4.03. The summed E-state index contributed by atoms with van der Waals surface area (Å²) in [5.41, 5.74) is 1.15. The number of hydrogen-bond acceptors (Lipinski definition) is 6. The van der Waals surface area contributed by atoms with Gasteiger partial charge in [0.15, 0.2) is 5.78 Å². The lowest BCUT2D eigenvalue weighted by atomic mass is 9.95. The van der Waals surface area contributed by atoms with Crippen LogP contribution in [0.2, 0.25) is 0 Å². The van der Waals surface area contributed by atoms with Crippen LogP contribution in [0.15, 0.2) is 29.0 Å². The summed E-state index contributed by atoms with van der Waals surface area (Å²) in [5, 5.41) is 12.8. The van der Waals surface area contributed by atoms with Gasteiger partial charge in [0.2, 0.25) is 0 Å². The molecule has 0 spiro atoms. The number of Topliss-reactive ketones (excluding diaryl/α,β-unsaturated/α-hetero) is 1. The lowest BCUT2D eigenvalue weighted by Gasteiger charge is -2.35. The Labute approximate surface area is 170 Å². The number of unbranched alkanes of at least 4 members (excludes halogenated alkanes) is 1. The lowest BCUT2D eigenvalue weighted by Crippen LogP contribution is -2.49. The highest BCUT2D eigenvalue weighted by molar-refractivity contribution is 7.07. The van der Waals surface area contributed by atoms with Crippen molar-refractivity contribution in [3.63, 3.8) is 0 Å². The van der Waals surface area contributed by atoms with Crippen molar-refractivity contribution in [1.82, 2.24) is 4.90 Å². The van der Waals surface area contributed by atoms with E-state index in [1.54, 1.807) is 11.3 Å². The first kappa shape index (κ1) is 21.2. The summed E-state index contributed by atoms with van der Waals surface area (Å²) in [6, 6.07) is 1.94. The van der Waals surface area contributed by atoms with Crippen LogP contribution in [0.3, 0.4) is 0 Å². The number of carboxylic acid groups (broad SMARTS) is 1. The molecule has 2 heterocycles. The maximum Gasteiger partial charge on any atom is 0.303 e. The van der Waals surface area contributed by atoms with Gasteiger partial charge in [0, 0.05) is 31.8 Å². The van der Waals surface area contributed by atoms with E-state index in [4.69, 9.17) is 14.6 Å². The van der Waals surface area contributed by atoms with E-state index in [-0.39, 0.29) is 30.3 Å². The summed E-state index contributed by atoms with van der Waals surface area (Å²) >= 11 is 1.65. The Hall–Kier alpha value is -1.54. The van der Waals surface area contributed by atoms with Gasteiger partial charge in [0.25, 0.3) is 0 Å². The van der Waals surface area contributed by atoms with Gasteiger partial charge < -0.3 is 14.6 Å². The second-order valence-electron chi connectivity index (χ2n) is 7.40. The maximum atomic E-state index is 12.8. The molecule has 0 radical (unpaired) electrons. The predicted octanol–water partition coefficient (Wildman–Crippen LogP) is 3.12. The highest BCUT2D eigenvalue weighted by Gasteiger charge is 2.45. The summed E-state index contributed by atoms with van der Waals surface area (Å²) < 4.78 is 11.6. The molecule has 1 aliphatic heterocycles. The number of nitrogens with zero attached hydrogens (tertiary/aromatic N) is 1. The van der Waals surface area contributed by atoms with Crippen LogP contribution in [-0.4, -0.2) is 60.2 Å². The molecule has 1 saturated heterocycles. The van der Waals surface area contributed by atoms with Gasteiger partial charge in [-0.3, -0.25) is 14.5 Å². The van der Waals surface area contributed by atoms with Crippen molar-refractivity contribution in [2.45, 2.75) is 50.9 Å². The van der Waals surface area contributed by atoms with Crippen molar-refractivity contribution in [3.05, 3.63) is 34.5 Å². The normalized spacial score (nSPS) is 26.3. The van der Waals surface area contributed by atoms with Gasteiger partial charge in [-0.05, 0) is 41.7 Å². The van der Waals surface area contributed by atoms with Gasteiger partial charge in [-0.25, -0.2) is 0 Å². The van der Waals surface area contributed by atoms with Gasteiger partial charge in [0.1, 0.15) is 0 Å². The Morgan fingerprint density at radius 2 is 2.18 bits per heavy atom. The smallest absolute Gasteiger partial charge is 0.303 e. The first-order valence-electron chi connectivity index (χ1n) is 9.99. The summed E-state index contributed by atoms with van der Waals surface area (Å²) in [4.78, 5) is 25.7. The molecule has 2 fully saturated rings. The molecule has 0 unspecified atom stereocenters. The van der Waals surface area contributed by atoms with E-state index in [0.29, 0.717) is 32.7 Å². The molecule has 0 bridgehead atoms. The van der Waals surface area contributed by atoms with Crippen LogP contribution < -0.4 is 0 Å². The Balaban J connectivity index is 1.61. The van der Waals surface area contributed by atoms with Crippen LogP contribution in [0.5, 0.6) is 0 Å². The summed E-state index contributed by atoms with van der Waals surface area (Å²) in [7, 11) is 0. The number of aliphatic carboxylic acids is 1. The van der Waals surface area contributed by atoms with E-state index >= 15 is 0 Å². The number of morpholine rings is 1. The monoisotopic (exact) mass is 407 g/mol. The lowest BCUT2D eigenvalue weighted by molar-refractivity contribution is -0.137. The number of rotatable bonds is 10. The van der Waals surface area contributed by atoms with Crippen molar-refractivity contribution in [1.29, 1.82) is 0 Å². The molecule has 1 aromatic heterocycles. The molecular weight excluding hydrogens is 378 g/mol. The molecule has 1 aliphatic carbocycles. The zero-order chi connectivity index (χ0) is 19.8. The van der Waals surface area contributed by atoms with Crippen LogP contribution in [0.4, 0.5) is 0 Å². The van der Waals surface area contributed by atoms with Gasteiger partial charge in [0.05, 0.1) is 32.0 Å². The average Bonchev–Trinajstić information content (AvgIpc) is 3.31. The topological polar surface area (TPSA) is 76.1 Å². The second-order valence-corrected chi connectivity index (χ2v) is 8.18. The third-order valence-corrected chi connectivity index (χ3v) is 6.17. The Bertz CT molecular complexity index is 654. The fourth-order valence-corrected chi connectivity index (χ4v) is 4.68. The third-order valence-electron chi connectivity index (χ3n) is 5.43. The quantitative estimate of drug-likeness (QED) is 0.474. The molecule has 1 N–H and O–H groups in total. The van der Waals surface area contributed by atoms with Crippen LogP contribution in [0.1, 0.15) is 37.7 Å². The van der Waals surface area contributed by atoms with E-state index in [2.05, 4.69) is 22.4 Å². The molecule has 3 rings (SSSR count). The van der Waals surface area contributed by atoms with Crippen molar-refractivity contribution in [2.75, 3.05) is 26.3 Å². The first-order chi connectivity index (χ1) is 13.6. The van der Waals surface area contributed by atoms with Crippen LogP contribution in [0.25, 0.3) is 0 Å². The molecule has 6 nitrogen and oxygen atoms in total. The standard InChI is InChI=1S/C21H29NO5S/c23-18-13-19(27-14-16-7-12-28-15-16)17(5-3-1-2-4-6-20(24)25)21(18)22-8-10-26-11-9-22/h1,3,7,12,15,17,19,21H,2,4-6,8-11,13-14H2,(H,24,25)/b3-1-/t17-,19-,21+/m0/s1. The number of ketones is 1. The number of carbonyl (C=O) groups is 2. The number of carboxylic acids is 1. The Morgan fingerprint density at radius 1 is 1.36 bits per heavy atom. The third kappa shape index (κ3) is 5.98. The van der Waals surface area contributed by atoms with Crippen molar-refractivity contribution in [2.24, 2.45) is 5.92 Å². The van der Waals surface area contributed by atoms with Crippen molar-refractivity contribution < 1.29 is 24.2 Å². The highest BCUT2D eigenvalue weighted by Crippen LogP contribution is 2.34. The van der Waals surface area contributed by atoms with E-state index in [0.717, 1.165) is 31.5 Å². The number of allylic oxidation sites excluding steroid dienone is 2. The van der Waals surface area contributed by atoms with Gasteiger partial charge >= 0.3 is 5.97 Å². The van der Waals surface area contributed by atoms with Crippen molar-refractivity contribution >= 4 is 23.1 Å². The summed E-state index contributed by atoms with van der Waals surface area (Å²) in [6.45, 7) is 3.44. The summed E-state index contributed by atoms with van der Waals surface area (Å²) in [5.74, 6) is -0.370. The van der Waals surface area contributed by atoms with Gasteiger partial charge in [-0.15, -0.1) is 0 Å². The van der Waals surface area contributed by atoms with E-state index in [1.807, 2.05) is 11.5 Å². The molecular formula is C21H29NO5S. The first-order valence-corrected chi connectivity index (χ1v) is 10.9. The van der Waals surface area contributed by atoms with E-state index in [9.17, 15) is 9.59 Å². The number of thiophene rings is 1. The fraction of sp³-hybridized carbons (Fsp3) is 0.619. The molecule has 154 valence electrons. The maximum absolute atomic E-state index is 12.8. The van der Waals surface area contributed by atoms with Gasteiger partial charge in [-0.2, -0.15) is 11.3 Å². The minimum Gasteiger partial charge on any atom is -0.481 e. The highest BCUT2D eigenvalue weighted by atomic mass is 32.1.